The molecule has 6 heteroatoms. The molecular weight excluding hydrogens is 380 g/mol. The number of nitrogens with zero attached hydrogens (tertiary/aromatic N) is 3. The van der Waals surface area contributed by atoms with E-state index >= 15 is 0 Å². The minimum Gasteiger partial charge on any atom is -0.467 e. The van der Waals surface area contributed by atoms with Crippen LogP contribution in [0.15, 0.2) is 65.7 Å². The van der Waals surface area contributed by atoms with Crippen LogP contribution in [0.2, 0.25) is 0 Å². The number of pyridine rings is 1. The molecule has 3 aromatic heterocycles. The summed E-state index contributed by atoms with van der Waals surface area (Å²) in [5, 5.41) is 4.26. The van der Waals surface area contributed by atoms with Gasteiger partial charge in [0.25, 0.3) is 0 Å². The maximum Gasteiger partial charge on any atom is 0.170 e. The maximum atomic E-state index is 5.74. The van der Waals surface area contributed by atoms with Crippen LogP contribution in [0.4, 0.5) is 0 Å². The van der Waals surface area contributed by atoms with E-state index in [1.165, 1.54) is 37.7 Å². The lowest BCUT2D eigenvalue weighted by molar-refractivity contribution is 0.286. The van der Waals surface area contributed by atoms with Gasteiger partial charge in [-0.2, -0.15) is 0 Å². The molecule has 0 aromatic carbocycles. The van der Waals surface area contributed by atoms with E-state index < -0.39 is 0 Å². The van der Waals surface area contributed by atoms with Crippen LogP contribution in [0.5, 0.6) is 0 Å². The smallest absolute Gasteiger partial charge is 0.170 e. The van der Waals surface area contributed by atoms with Crippen molar-refractivity contribution in [2.75, 3.05) is 0 Å². The molecule has 0 bridgehead atoms. The fourth-order valence-corrected chi connectivity index (χ4v) is 5.03. The van der Waals surface area contributed by atoms with Crippen LogP contribution >= 0.6 is 12.2 Å². The fourth-order valence-electron chi connectivity index (χ4n) is 4.72. The van der Waals surface area contributed by atoms with Crippen molar-refractivity contribution in [2.24, 2.45) is 0 Å². The Morgan fingerprint density at radius 2 is 2.00 bits per heavy atom. The Bertz CT molecular complexity index is 946. The Labute approximate surface area is 176 Å². The molecule has 0 amide bonds. The van der Waals surface area contributed by atoms with E-state index in [9.17, 15) is 0 Å². The van der Waals surface area contributed by atoms with Gasteiger partial charge in [0.2, 0.25) is 0 Å². The standard InChI is InChI=1S/C23H26N4OS/c29-23-25-21(20-10-4-5-12-24-20)22(27(23)16-19-9-6-14-28-19)17-11-13-26(15-17)18-7-2-1-3-8-18/h4-6,9-15,18,21-22H,1-3,7-8,16H2,(H,25,29). The summed E-state index contributed by atoms with van der Waals surface area (Å²) in [7, 11) is 0. The van der Waals surface area contributed by atoms with Gasteiger partial charge in [-0.1, -0.05) is 25.3 Å². The van der Waals surface area contributed by atoms with Crippen molar-refractivity contribution in [3.05, 3.63) is 78.3 Å². The average Bonchev–Trinajstić information content (AvgIpc) is 3.51. The molecule has 0 radical (unpaired) electrons. The number of hydrogen-bond acceptors (Lipinski definition) is 3. The first-order valence-electron chi connectivity index (χ1n) is 10.5. The van der Waals surface area contributed by atoms with Gasteiger partial charge in [0, 0.05) is 24.6 Å². The zero-order valence-electron chi connectivity index (χ0n) is 16.4. The highest BCUT2D eigenvalue weighted by Gasteiger charge is 2.40. The minimum atomic E-state index is 0.0147. The highest BCUT2D eigenvalue weighted by atomic mass is 32.1. The van der Waals surface area contributed by atoms with Gasteiger partial charge in [-0.25, -0.2) is 0 Å². The Hall–Kier alpha value is -2.60. The number of hydrogen-bond donors (Lipinski definition) is 1. The number of rotatable bonds is 5. The predicted octanol–water partition coefficient (Wildman–Crippen LogP) is 5.15. The van der Waals surface area contributed by atoms with Gasteiger partial charge in [0.05, 0.1) is 30.6 Å². The highest BCUT2D eigenvalue weighted by molar-refractivity contribution is 7.80. The number of aromatic nitrogens is 2. The lowest BCUT2D eigenvalue weighted by Crippen LogP contribution is -2.28. The van der Waals surface area contributed by atoms with Crippen LogP contribution in [-0.4, -0.2) is 19.6 Å². The molecule has 1 aliphatic heterocycles. The van der Waals surface area contributed by atoms with Crippen molar-refractivity contribution in [3.8, 4) is 0 Å². The number of thiocarbonyl (C=S) groups is 1. The van der Waals surface area contributed by atoms with Crippen molar-refractivity contribution in [1.29, 1.82) is 0 Å². The molecule has 2 unspecified atom stereocenters. The summed E-state index contributed by atoms with van der Waals surface area (Å²) in [6.07, 6.45) is 14.7. The topological polar surface area (TPSA) is 46.2 Å². The molecule has 3 aromatic rings. The van der Waals surface area contributed by atoms with Gasteiger partial charge < -0.3 is 19.2 Å². The maximum absolute atomic E-state index is 5.74. The van der Waals surface area contributed by atoms with E-state index in [0.29, 0.717) is 12.6 Å². The second-order valence-corrected chi connectivity index (χ2v) is 8.40. The molecule has 4 heterocycles. The first-order chi connectivity index (χ1) is 14.3. The molecule has 1 saturated heterocycles. The van der Waals surface area contributed by atoms with Gasteiger partial charge in [0.1, 0.15) is 5.76 Å². The third kappa shape index (κ3) is 3.69. The van der Waals surface area contributed by atoms with E-state index in [1.54, 1.807) is 6.26 Å². The third-order valence-electron chi connectivity index (χ3n) is 6.18. The molecular formula is C23H26N4OS. The fraction of sp³-hybridized carbons (Fsp3) is 0.391. The lowest BCUT2D eigenvalue weighted by atomic mass is 9.95. The van der Waals surface area contributed by atoms with Crippen molar-refractivity contribution in [1.82, 2.24) is 19.8 Å². The molecule has 1 aliphatic carbocycles. The van der Waals surface area contributed by atoms with E-state index in [0.717, 1.165) is 16.6 Å². The van der Waals surface area contributed by atoms with Crippen molar-refractivity contribution in [2.45, 2.75) is 56.8 Å². The van der Waals surface area contributed by atoms with Crippen molar-refractivity contribution < 1.29 is 4.42 Å². The zero-order chi connectivity index (χ0) is 19.6. The summed E-state index contributed by atoms with van der Waals surface area (Å²) >= 11 is 5.74. The summed E-state index contributed by atoms with van der Waals surface area (Å²) in [5.41, 5.74) is 2.28. The van der Waals surface area contributed by atoms with Crippen LogP contribution in [-0.2, 0) is 6.54 Å². The van der Waals surface area contributed by atoms with Gasteiger partial charge in [-0.05, 0) is 61.0 Å². The molecule has 29 heavy (non-hydrogen) atoms. The highest BCUT2D eigenvalue weighted by Crippen LogP contribution is 2.40. The van der Waals surface area contributed by atoms with E-state index in [1.807, 2.05) is 30.5 Å². The molecule has 5 rings (SSSR count). The van der Waals surface area contributed by atoms with Gasteiger partial charge in [0.15, 0.2) is 5.11 Å². The molecule has 0 spiro atoms. The predicted molar refractivity (Wildman–Crippen MR) is 116 cm³/mol. The molecule has 5 nitrogen and oxygen atoms in total. The van der Waals surface area contributed by atoms with Crippen LogP contribution in [0, 0.1) is 0 Å². The van der Waals surface area contributed by atoms with Crippen LogP contribution in [0.1, 0.15) is 67.2 Å². The minimum absolute atomic E-state index is 0.0147. The molecule has 150 valence electrons. The third-order valence-corrected chi connectivity index (χ3v) is 6.53. The van der Waals surface area contributed by atoms with Crippen LogP contribution < -0.4 is 5.32 Å². The molecule has 2 atom stereocenters. The molecule has 2 fully saturated rings. The SMILES string of the molecule is S=C1NC(c2ccccn2)C(c2ccn(C3CCCCC3)c2)N1Cc1ccco1. The first kappa shape index (κ1) is 18.4. The summed E-state index contributed by atoms with van der Waals surface area (Å²) in [6.45, 7) is 0.640. The second kappa shape index (κ2) is 8.03. The normalized spacial score (nSPS) is 22.8. The van der Waals surface area contributed by atoms with E-state index in [2.05, 4.69) is 44.3 Å². The number of furan rings is 1. The van der Waals surface area contributed by atoms with E-state index in [4.69, 9.17) is 16.6 Å². The van der Waals surface area contributed by atoms with Crippen LogP contribution in [0.25, 0.3) is 0 Å². The quantitative estimate of drug-likeness (QED) is 0.594. The Morgan fingerprint density at radius 3 is 2.76 bits per heavy atom. The van der Waals surface area contributed by atoms with Gasteiger partial charge in [-0.15, -0.1) is 0 Å². The Morgan fingerprint density at radius 1 is 1.10 bits per heavy atom. The first-order valence-corrected chi connectivity index (χ1v) is 10.9. The number of nitrogens with one attached hydrogen (secondary N) is 1. The van der Waals surface area contributed by atoms with Crippen molar-refractivity contribution in [3.63, 3.8) is 0 Å². The molecule has 1 saturated carbocycles. The summed E-state index contributed by atoms with van der Waals surface area (Å²) in [5.74, 6) is 0.910. The second-order valence-electron chi connectivity index (χ2n) is 8.02. The van der Waals surface area contributed by atoms with E-state index in [-0.39, 0.29) is 12.1 Å². The zero-order valence-corrected chi connectivity index (χ0v) is 17.2. The van der Waals surface area contributed by atoms with Gasteiger partial charge in [-0.3, -0.25) is 4.98 Å². The Balaban J connectivity index is 1.49. The van der Waals surface area contributed by atoms with Crippen molar-refractivity contribution >= 4 is 17.3 Å². The average molecular weight is 407 g/mol. The summed E-state index contributed by atoms with van der Waals surface area (Å²) < 4.78 is 8.03. The summed E-state index contributed by atoms with van der Waals surface area (Å²) in [4.78, 5) is 6.85. The van der Waals surface area contributed by atoms with Crippen LogP contribution in [0.3, 0.4) is 0 Å². The lowest BCUT2D eigenvalue weighted by Gasteiger charge is -2.27. The monoisotopic (exact) mass is 406 g/mol. The van der Waals surface area contributed by atoms with Gasteiger partial charge >= 0.3 is 0 Å². The summed E-state index contributed by atoms with van der Waals surface area (Å²) in [6, 6.07) is 12.9. The molecule has 2 aliphatic rings. The Kier molecular flexibility index (Phi) is 5.10. The molecule has 1 N–H and O–H groups in total. The largest absolute Gasteiger partial charge is 0.467 e.